The number of aromatic nitrogens is 1. The first kappa shape index (κ1) is 14.2. The van der Waals surface area contributed by atoms with Crippen molar-refractivity contribution in [2.45, 2.75) is 37.0 Å². The molecule has 0 aliphatic heterocycles. The summed E-state index contributed by atoms with van der Waals surface area (Å²) in [5.74, 6) is 0.831. The number of nitriles is 1. The van der Waals surface area contributed by atoms with Crippen molar-refractivity contribution in [1.82, 2.24) is 4.98 Å². The summed E-state index contributed by atoms with van der Waals surface area (Å²) < 4.78 is 0. The SMILES string of the molecule is CSC1CCC(Nc2cc(C#N)c3ccccc3n2)CC1. The number of thioether (sulfide) groups is 1. The standard InChI is InChI=1S/C17H19N3S/c1-21-14-8-6-13(7-9-14)19-17-10-12(11-18)15-4-2-3-5-16(15)20-17/h2-5,10,13-14H,6-9H2,1H3,(H,19,20). The monoisotopic (exact) mass is 297 g/mol. The molecule has 1 heterocycles. The molecule has 0 spiro atoms. The number of anilines is 1. The molecule has 1 N–H and O–H groups in total. The molecule has 1 aliphatic rings. The summed E-state index contributed by atoms with van der Waals surface area (Å²) in [6, 6.07) is 12.5. The minimum absolute atomic E-state index is 0.480. The van der Waals surface area contributed by atoms with E-state index in [1.807, 2.05) is 42.1 Å². The molecule has 1 aromatic heterocycles. The van der Waals surface area contributed by atoms with Crippen LogP contribution in [0.4, 0.5) is 5.82 Å². The third kappa shape index (κ3) is 3.14. The largest absolute Gasteiger partial charge is 0.367 e. The summed E-state index contributed by atoms with van der Waals surface area (Å²) in [5.41, 5.74) is 1.58. The van der Waals surface area contributed by atoms with Crippen molar-refractivity contribution in [1.29, 1.82) is 5.26 Å². The second kappa shape index (κ2) is 6.36. The van der Waals surface area contributed by atoms with Gasteiger partial charge in [-0.1, -0.05) is 18.2 Å². The van der Waals surface area contributed by atoms with Crippen molar-refractivity contribution in [3.05, 3.63) is 35.9 Å². The van der Waals surface area contributed by atoms with E-state index >= 15 is 0 Å². The Morgan fingerprint density at radius 2 is 2.00 bits per heavy atom. The number of hydrogen-bond donors (Lipinski definition) is 1. The molecule has 0 saturated heterocycles. The van der Waals surface area contributed by atoms with Crippen LogP contribution in [0.15, 0.2) is 30.3 Å². The second-order valence-electron chi connectivity index (χ2n) is 5.54. The summed E-state index contributed by atoms with van der Waals surface area (Å²) in [6.07, 6.45) is 7.08. The van der Waals surface area contributed by atoms with E-state index in [1.165, 1.54) is 25.7 Å². The fraction of sp³-hybridized carbons (Fsp3) is 0.412. The lowest BCUT2D eigenvalue weighted by molar-refractivity contribution is 0.472. The topological polar surface area (TPSA) is 48.7 Å². The van der Waals surface area contributed by atoms with Gasteiger partial charge in [-0.2, -0.15) is 17.0 Å². The maximum absolute atomic E-state index is 9.32. The predicted molar refractivity (Wildman–Crippen MR) is 89.6 cm³/mol. The summed E-state index contributed by atoms with van der Waals surface area (Å²) in [7, 11) is 0. The summed E-state index contributed by atoms with van der Waals surface area (Å²) >= 11 is 1.98. The van der Waals surface area contributed by atoms with Crippen LogP contribution in [0.25, 0.3) is 10.9 Å². The van der Waals surface area contributed by atoms with E-state index in [-0.39, 0.29) is 0 Å². The molecule has 108 valence electrons. The number of para-hydroxylation sites is 1. The highest BCUT2D eigenvalue weighted by Crippen LogP contribution is 2.29. The van der Waals surface area contributed by atoms with Crippen LogP contribution in [-0.2, 0) is 0 Å². The molecule has 3 rings (SSSR count). The van der Waals surface area contributed by atoms with Gasteiger partial charge in [-0.25, -0.2) is 4.98 Å². The average molecular weight is 297 g/mol. The minimum Gasteiger partial charge on any atom is -0.367 e. The van der Waals surface area contributed by atoms with Gasteiger partial charge >= 0.3 is 0 Å². The third-order valence-corrected chi connectivity index (χ3v) is 5.33. The van der Waals surface area contributed by atoms with Gasteiger partial charge in [0, 0.05) is 16.7 Å². The molecule has 4 heteroatoms. The zero-order valence-electron chi connectivity index (χ0n) is 12.2. The van der Waals surface area contributed by atoms with Gasteiger partial charge in [0.15, 0.2) is 0 Å². The Kier molecular flexibility index (Phi) is 4.31. The Hall–Kier alpha value is -1.73. The number of pyridine rings is 1. The maximum atomic E-state index is 9.32. The van der Waals surface area contributed by atoms with Crippen molar-refractivity contribution in [2.75, 3.05) is 11.6 Å². The van der Waals surface area contributed by atoms with Crippen molar-refractivity contribution in [2.24, 2.45) is 0 Å². The fourth-order valence-corrected chi connectivity index (χ4v) is 3.74. The lowest BCUT2D eigenvalue weighted by Crippen LogP contribution is -2.27. The molecule has 0 radical (unpaired) electrons. The van der Waals surface area contributed by atoms with E-state index in [0.29, 0.717) is 11.6 Å². The van der Waals surface area contributed by atoms with Crippen LogP contribution in [0, 0.1) is 11.3 Å². The van der Waals surface area contributed by atoms with Crippen LogP contribution in [0.3, 0.4) is 0 Å². The fourth-order valence-electron chi connectivity index (χ4n) is 2.99. The summed E-state index contributed by atoms with van der Waals surface area (Å²) in [5, 5.41) is 14.6. The van der Waals surface area contributed by atoms with Crippen molar-refractivity contribution in [3.8, 4) is 6.07 Å². The zero-order chi connectivity index (χ0) is 14.7. The lowest BCUT2D eigenvalue weighted by atomic mass is 9.95. The molecular weight excluding hydrogens is 278 g/mol. The smallest absolute Gasteiger partial charge is 0.128 e. The van der Waals surface area contributed by atoms with E-state index in [2.05, 4.69) is 22.6 Å². The van der Waals surface area contributed by atoms with Crippen LogP contribution >= 0.6 is 11.8 Å². The molecule has 0 atom stereocenters. The Labute approximate surface area is 129 Å². The zero-order valence-corrected chi connectivity index (χ0v) is 13.0. The first-order valence-electron chi connectivity index (χ1n) is 7.39. The molecule has 3 nitrogen and oxygen atoms in total. The van der Waals surface area contributed by atoms with Crippen LogP contribution in [0.1, 0.15) is 31.2 Å². The highest BCUT2D eigenvalue weighted by atomic mass is 32.2. The first-order chi connectivity index (χ1) is 10.3. The van der Waals surface area contributed by atoms with Gasteiger partial charge in [-0.3, -0.25) is 0 Å². The molecule has 0 amide bonds. The predicted octanol–water partition coefficient (Wildman–Crippen LogP) is 4.19. The molecule has 2 aromatic rings. The van der Waals surface area contributed by atoms with Crippen LogP contribution < -0.4 is 5.32 Å². The van der Waals surface area contributed by atoms with Crippen molar-refractivity contribution in [3.63, 3.8) is 0 Å². The van der Waals surface area contributed by atoms with Gasteiger partial charge in [0.2, 0.25) is 0 Å². The van der Waals surface area contributed by atoms with Gasteiger partial charge < -0.3 is 5.32 Å². The quantitative estimate of drug-likeness (QED) is 0.922. The average Bonchev–Trinajstić information content (AvgIpc) is 2.55. The van der Waals surface area contributed by atoms with Gasteiger partial charge in [0.1, 0.15) is 5.82 Å². The number of nitrogens with zero attached hydrogens (tertiary/aromatic N) is 2. The molecule has 0 unspecified atom stereocenters. The summed E-state index contributed by atoms with van der Waals surface area (Å²) in [6.45, 7) is 0. The van der Waals surface area contributed by atoms with Gasteiger partial charge in [0.05, 0.1) is 17.1 Å². The van der Waals surface area contributed by atoms with Crippen molar-refractivity contribution >= 4 is 28.5 Å². The molecule has 1 aliphatic carbocycles. The Morgan fingerprint density at radius 3 is 2.71 bits per heavy atom. The summed E-state index contributed by atoms with van der Waals surface area (Å²) in [4.78, 5) is 4.65. The molecule has 1 aromatic carbocycles. The molecular formula is C17H19N3S. The molecule has 0 bridgehead atoms. The van der Waals surface area contributed by atoms with E-state index in [0.717, 1.165) is 22.0 Å². The maximum Gasteiger partial charge on any atom is 0.128 e. The van der Waals surface area contributed by atoms with Crippen LogP contribution in [0.2, 0.25) is 0 Å². The van der Waals surface area contributed by atoms with Crippen LogP contribution in [0.5, 0.6) is 0 Å². The Balaban J connectivity index is 1.80. The lowest BCUT2D eigenvalue weighted by Gasteiger charge is -2.28. The number of fused-ring (bicyclic) bond motifs is 1. The highest BCUT2D eigenvalue weighted by Gasteiger charge is 2.20. The van der Waals surface area contributed by atoms with E-state index in [4.69, 9.17) is 0 Å². The Morgan fingerprint density at radius 1 is 1.24 bits per heavy atom. The van der Waals surface area contributed by atoms with Gasteiger partial charge in [0.25, 0.3) is 0 Å². The third-order valence-electron chi connectivity index (χ3n) is 4.20. The van der Waals surface area contributed by atoms with Crippen LogP contribution in [-0.4, -0.2) is 22.5 Å². The number of hydrogen-bond acceptors (Lipinski definition) is 4. The second-order valence-corrected chi connectivity index (χ2v) is 6.68. The number of rotatable bonds is 3. The van der Waals surface area contributed by atoms with Crippen molar-refractivity contribution < 1.29 is 0 Å². The first-order valence-corrected chi connectivity index (χ1v) is 8.68. The van der Waals surface area contributed by atoms with E-state index < -0.39 is 0 Å². The highest BCUT2D eigenvalue weighted by molar-refractivity contribution is 7.99. The molecule has 21 heavy (non-hydrogen) atoms. The van der Waals surface area contributed by atoms with Gasteiger partial charge in [-0.05, 0) is 44.1 Å². The van der Waals surface area contributed by atoms with E-state index in [9.17, 15) is 5.26 Å². The molecule has 1 fully saturated rings. The Bertz CT molecular complexity index is 669. The minimum atomic E-state index is 0.480. The normalized spacial score (nSPS) is 21.9. The van der Waals surface area contributed by atoms with Gasteiger partial charge in [-0.15, -0.1) is 0 Å². The van der Waals surface area contributed by atoms with E-state index in [1.54, 1.807) is 0 Å². The number of nitrogens with one attached hydrogen (secondary N) is 1. The number of benzene rings is 1. The molecule has 1 saturated carbocycles.